The van der Waals surface area contributed by atoms with Gasteiger partial charge in [0, 0.05) is 28.5 Å². The molecule has 0 heterocycles. The summed E-state index contributed by atoms with van der Waals surface area (Å²) in [6.07, 6.45) is -0.118. The maximum Gasteiger partial charge on any atom is 0.314 e. The molecule has 3 N–H and O–H groups in total. The summed E-state index contributed by atoms with van der Waals surface area (Å²) in [7, 11) is 0. The molecule has 2 amide bonds. The lowest BCUT2D eigenvalue weighted by molar-refractivity contribution is -0.136. The van der Waals surface area contributed by atoms with Gasteiger partial charge in [0.2, 0.25) is 0 Å². The highest BCUT2D eigenvalue weighted by Crippen LogP contribution is 2.35. The summed E-state index contributed by atoms with van der Waals surface area (Å²) in [5, 5.41) is 14.7. The molecule has 0 saturated carbocycles. The van der Waals surface area contributed by atoms with Crippen LogP contribution in [0.3, 0.4) is 0 Å². The number of rotatable bonds is 6. The molecule has 0 radical (unpaired) electrons. The van der Waals surface area contributed by atoms with Crippen LogP contribution in [0.15, 0.2) is 18.2 Å². The first kappa shape index (κ1) is 17.6. The van der Waals surface area contributed by atoms with E-state index in [9.17, 15) is 9.59 Å². The summed E-state index contributed by atoms with van der Waals surface area (Å²) in [5.74, 6) is -0.960. The molecule has 0 unspecified atom stereocenters. The fourth-order valence-corrected chi connectivity index (χ4v) is 2.79. The highest BCUT2D eigenvalue weighted by molar-refractivity contribution is 6.36. The number of amides is 2. The number of hydrogen-bond acceptors (Lipinski definition) is 2. The van der Waals surface area contributed by atoms with Crippen LogP contribution in [0.2, 0.25) is 10.0 Å². The predicted octanol–water partition coefficient (Wildman–Crippen LogP) is 3.04. The number of carboxylic acids is 1. The van der Waals surface area contributed by atoms with Gasteiger partial charge in [0.15, 0.2) is 0 Å². The number of halogens is 2. The third-order valence-corrected chi connectivity index (χ3v) is 3.58. The maximum atomic E-state index is 11.6. The van der Waals surface area contributed by atoms with E-state index in [1.165, 1.54) is 0 Å². The van der Waals surface area contributed by atoms with Gasteiger partial charge in [0.05, 0.1) is 6.42 Å². The average molecular weight is 333 g/mol. The van der Waals surface area contributed by atoms with Crippen molar-refractivity contribution in [2.75, 3.05) is 13.1 Å². The Morgan fingerprint density at radius 3 is 2.29 bits per heavy atom. The van der Waals surface area contributed by atoms with E-state index in [0.29, 0.717) is 16.6 Å². The Morgan fingerprint density at radius 1 is 1.19 bits per heavy atom. The molecule has 0 atom stereocenters. The summed E-state index contributed by atoms with van der Waals surface area (Å²) in [6.45, 7) is 4.22. The topological polar surface area (TPSA) is 78.4 Å². The molecule has 0 aromatic heterocycles. The molecule has 116 valence electrons. The standard InChI is InChI=1S/C14H18Cl2N2O3/c1-14(2,12-9(15)4-3-5-10(12)16)8-18-13(21)17-7-6-11(19)20/h3-5H,6-8H2,1-2H3,(H,19,20)(H2,17,18,21). The van der Waals surface area contributed by atoms with E-state index < -0.39 is 17.4 Å². The number of aliphatic carboxylic acids is 1. The van der Waals surface area contributed by atoms with Crippen LogP contribution < -0.4 is 10.6 Å². The third kappa shape index (κ3) is 5.44. The first-order valence-corrected chi connectivity index (χ1v) is 7.17. The first-order chi connectivity index (χ1) is 9.74. The van der Waals surface area contributed by atoms with Crippen LogP contribution >= 0.6 is 23.2 Å². The largest absolute Gasteiger partial charge is 0.481 e. The van der Waals surface area contributed by atoms with Crippen molar-refractivity contribution in [3.05, 3.63) is 33.8 Å². The second-order valence-electron chi connectivity index (χ2n) is 5.23. The highest BCUT2D eigenvalue weighted by atomic mass is 35.5. The summed E-state index contributed by atoms with van der Waals surface area (Å²) in [4.78, 5) is 21.9. The lowest BCUT2D eigenvalue weighted by atomic mass is 9.84. The lowest BCUT2D eigenvalue weighted by Gasteiger charge is -2.27. The van der Waals surface area contributed by atoms with Crippen LogP contribution in [0.1, 0.15) is 25.8 Å². The molecule has 21 heavy (non-hydrogen) atoms. The molecule has 0 aliphatic rings. The van der Waals surface area contributed by atoms with Crippen LogP contribution in [0, 0.1) is 0 Å². The fourth-order valence-electron chi connectivity index (χ4n) is 1.88. The molecule has 0 saturated heterocycles. The van der Waals surface area contributed by atoms with Gasteiger partial charge in [-0.25, -0.2) is 4.79 Å². The molecule has 0 fully saturated rings. The van der Waals surface area contributed by atoms with E-state index in [1.807, 2.05) is 13.8 Å². The molecule has 1 rings (SSSR count). The van der Waals surface area contributed by atoms with Gasteiger partial charge in [-0.05, 0) is 17.7 Å². The predicted molar refractivity (Wildman–Crippen MR) is 83.1 cm³/mol. The highest BCUT2D eigenvalue weighted by Gasteiger charge is 2.26. The van der Waals surface area contributed by atoms with Crippen molar-refractivity contribution in [3.8, 4) is 0 Å². The number of hydrogen-bond donors (Lipinski definition) is 3. The van der Waals surface area contributed by atoms with E-state index in [-0.39, 0.29) is 13.0 Å². The molecular weight excluding hydrogens is 315 g/mol. The lowest BCUT2D eigenvalue weighted by Crippen LogP contribution is -2.43. The van der Waals surface area contributed by atoms with Gasteiger partial charge >= 0.3 is 12.0 Å². The molecule has 0 aliphatic heterocycles. The average Bonchev–Trinajstić information content (AvgIpc) is 2.35. The van der Waals surface area contributed by atoms with Crippen molar-refractivity contribution < 1.29 is 14.7 Å². The zero-order valence-corrected chi connectivity index (χ0v) is 13.4. The maximum absolute atomic E-state index is 11.6. The minimum absolute atomic E-state index is 0.0778. The summed E-state index contributed by atoms with van der Waals surface area (Å²) in [5.41, 5.74) is 0.304. The van der Waals surface area contributed by atoms with E-state index in [0.717, 1.165) is 5.56 Å². The molecule has 5 nitrogen and oxygen atoms in total. The van der Waals surface area contributed by atoms with Gasteiger partial charge in [0.1, 0.15) is 0 Å². The SMILES string of the molecule is CC(C)(CNC(=O)NCCC(=O)O)c1c(Cl)cccc1Cl. The summed E-state index contributed by atoms with van der Waals surface area (Å²) in [6, 6.07) is 4.83. The second kappa shape index (κ2) is 7.52. The Kier molecular flexibility index (Phi) is 6.30. The van der Waals surface area contributed by atoms with Gasteiger partial charge < -0.3 is 15.7 Å². The molecule has 0 bridgehead atoms. The van der Waals surface area contributed by atoms with Crippen molar-refractivity contribution in [1.29, 1.82) is 0 Å². The van der Waals surface area contributed by atoms with Crippen molar-refractivity contribution in [2.45, 2.75) is 25.7 Å². The quantitative estimate of drug-likeness (QED) is 0.749. The van der Waals surface area contributed by atoms with Crippen LogP contribution in [0.25, 0.3) is 0 Å². The summed E-state index contributed by atoms with van der Waals surface area (Å²) < 4.78 is 0. The number of carbonyl (C=O) groups is 2. The van der Waals surface area contributed by atoms with E-state index in [4.69, 9.17) is 28.3 Å². The Balaban J connectivity index is 2.61. The smallest absolute Gasteiger partial charge is 0.314 e. The van der Waals surface area contributed by atoms with Crippen LogP contribution in [0.5, 0.6) is 0 Å². The molecule has 0 spiro atoms. The Bertz CT molecular complexity index is 513. The van der Waals surface area contributed by atoms with Crippen LogP contribution in [-0.4, -0.2) is 30.2 Å². The minimum Gasteiger partial charge on any atom is -0.481 e. The monoisotopic (exact) mass is 332 g/mol. The second-order valence-corrected chi connectivity index (χ2v) is 6.05. The van der Waals surface area contributed by atoms with Crippen molar-refractivity contribution in [2.24, 2.45) is 0 Å². The van der Waals surface area contributed by atoms with E-state index >= 15 is 0 Å². The number of nitrogens with one attached hydrogen (secondary N) is 2. The number of urea groups is 1. The minimum atomic E-state index is -0.960. The van der Waals surface area contributed by atoms with E-state index in [1.54, 1.807) is 18.2 Å². The van der Waals surface area contributed by atoms with Gasteiger partial charge in [-0.2, -0.15) is 0 Å². The molecule has 0 aliphatic carbocycles. The molecule has 1 aromatic carbocycles. The van der Waals surface area contributed by atoms with Gasteiger partial charge in [-0.3, -0.25) is 4.79 Å². The van der Waals surface area contributed by atoms with Gasteiger partial charge in [-0.1, -0.05) is 43.1 Å². The fraction of sp³-hybridized carbons (Fsp3) is 0.429. The van der Waals surface area contributed by atoms with Crippen molar-refractivity contribution in [3.63, 3.8) is 0 Å². The van der Waals surface area contributed by atoms with Crippen LogP contribution in [-0.2, 0) is 10.2 Å². The van der Waals surface area contributed by atoms with Gasteiger partial charge in [-0.15, -0.1) is 0 Å². The summed E-state index contributed by atoms with van der Waals surface area (Å²) >= 11 is 12.3. The third-order valence-electron chi connectivity index (χ3n) is 2.95. The van der Waals surface area contributed by atoms with Crippen molar-refractivity contribution in [1.82, 2.24) is 10.6 Å². The Morgan fingerprint density at radius 2 is 1.76 bits per heavy atom. The molecular formula is C14H18Cl2N2O3. The normalized spacial score (nSPS) is 11.0. The Hall–Kier alpha value is -1.46. The molecule has 1 aromatic rings. The Labute approximate surface area is 133 Å². The zero-order chi connectivity index (χ0) is 16.0. The molecule has 7 heteroatoms. The first-order valence-electron chi connectivity index (χ1n) is 6.42. The van der Waals surface area contributed by atoms with E-state index in [2.05, 4.69) is 10.6 Å². The number of carboxylic acid groups (broad SMARTS) is 1. The van der Waals surface area contributed by atoms with Gasteiger partial charge in [0.25, 0.3) is 0 Å². The number of carbonyl (C=O) groups excluding carboxylic acids is 1. The zero-order valence-electron chi connectivity index (χ0n) is 11.9. The van der Waals surface area contributed by atoms with Crippen LogP contribution in [0.4, 0.5) is 4.79 Å². The van der Waals surface area contributed by atoms with Crippen molar-refractivity contribution >= 4 is 35.2 Å². The number of benzene rings is 1.